The SMILES string of the molecule is CC(=O)NC1(C(=O)NCCCN2CCN(Cc3ccccc3)CC2)CCCCC1. The van der Waals surface area contributed by atoms with Gasteiger partial charge in [-0.05, 0) is 31.4 Å². The minimum absolute atomic E-state index is 0.0000744. The van der Waals surface area contributed by atoms with Crippen LogP contribution in [-0.4, -0.2) is 66.4 Å². The molecule has 1 saturated carbocycles. The molecule has 0 spiro atoms. The van der Waals surface area contributed by atoms with Gasteiger partial charge in [0.15, 0.2) is 0 Å². The molecule has 0 atom stereocenters. The molecule has 6 nitrogen and oxygen atoms in total. The van der Waals surface area contributed by atoms with Crippen LogP contribution in [0.5, 0.6) is 0 Å². The molecule has 0 radical (unpaired) electrons. The number of carbonyl (C=O) groups excluding carboxylic acids is 2. The number of piperazine rings is 1. The first-order valence-corrected chi connectivity index (χ1v) is 11.1. The molecule has 0 unspecified atom stereocenters. The van der Waals surface area contributed by atoms with Gasteiger partial charge in [-0.2, -0.15) is 0 Å². The first kappa shape index (κ1) is 21.8. The third kappa shape index (κ3) is 6.54. The van der Waals surface area contributed by atoms with Gasteiger partial charge in [-0.1, -0.05) is 49.6 Å². The van der Waals surface area contributed by atoms with Gasteiger partial charge in [0.2, 0.25) is 11.8 Å². The van der Waals surface area contributed by atoms with E-state index in [1.54, 1.807) is 0 Å². The summed E-state index contributed by atoms with van der Waals surface area (Å²) in [5.41, 5.74) is 0.687. The molecule has 1 aromatic rings. The second-order valence-corrected chi connectivity index (χ2v) is 8.54. The van der Waals surface area contributed by atoms with E-state index in [4.69, 9.17) is 0 Å². The van der Waals surface area contributed by atoms with Crippen LogP contribution in [0.3, 0.4) is 0 Å². The molecule has 1 aliphatic heterocycles. The number of nitrogens with one attached hydrogen (secondary N) is 2. The number of amides is 2. The lowest BCUT2D eigenvalue weighted by Gasteiger charge is -2.36. The van der Waals surface area contributed by atoms with Crippen molar-refractivity contribution in [1.82, 2.24) is 20.4 Å². The van der Waals surface area contributed by atoms with Gasteiger partial charge in [-0.15, -0.1) is 0 Å². The zero-order chi connectivity index (χ0) is 20.5. The van der Waals surface area contributed by atoms with Crippen LogP contribution < -0.4 is 10.6 Å². The molecule has 2 fully saturated rings. The molecular weight excluding hydrogens is 364 g/mol. The number of nitrogens with zero attached hydrogens (tertiary/aromatic N) is 2. The van der Waals surface area contributed by atoms with E-state index < -0.39 is 5.54 Å². The number of benzene rings is 1. The Balaban J connectivity index is 1.34. The molecule has 3 rings (SSSR count). The van der Waals surface area contributed by atoms with Gasteiger partial charge in [0.1, 0.15) is 5.54 Å². The van der Waals surface area contributed by atoms with E-state index >= 15 is 0 Å². The lowest BCUT2D eigenvalue weighted by Crippen LogP contribution is -2.59. The highest BCUT2D eigenvalue weighted by Gasteiger charge is 2.39. The fourth-order valence-corrected chi connectivity index (χ4v) is 4.59. The molecular formula is C23H36N4O2. The first-order chi connectivity index (χ1) is 14.1. The van der Waals surface area contributed by atoms with Crippen molar-refractivity contribution < 1.29 is 9.59 Å². The van der Waals surface area contributed by atoms with Crippen LogP contribution in [-0.2, 0) is 16.1 Å². The Hall–Kier alpha value is -1.92. The van der Waals surface area contributed by atoms with Gasteiger partial charge < -0.3 is 15.5 Å². The summed E-state index contributed by atoms with van der Waals surface area (Å²) in [6.07, 6.45) is 5.59. The Morgan fingerprint density at radius 1 is 0.966 bits per heavy atom. The molecule has 29 heavy (non-hydrogen) atoms. The fourth-order valence-electron chi connectivity index (χ4n) is 4.59. The minimum atomic E-state index is -0.687. The Morgan fingerprint density at radius 2 is 1.62 bits per heavy atom. The summed E-state index contributed by atoms with van der Waals surface area (Å²) in [6.45, 7) is 8.54. The summed E-state index contributed by atoms with van der Waals surface area (Å²) < 4.78 is 0. The number of carbonyl (C=O) groups is 2. The normalized spacial score (nSPS) is 20.2. The highest BCUT2D eigenvalue weighted by molar-refractivity contribution is 5.91. The van der Waals surface area contributed by atoms with Gasteiger partial charge in [0, 0.05) is 46.2 Å². The van der Waals surface area contributed by atoms with Gasteiger partial charge in [0.05, 0.1) is 0 Å². The molecule has 6 heteroatoms. The molecule has 0 bridgehead atoms. The Kier molecular flexibility index (Phi) is 8.07. The van der Waals surface area contributed by atoms with Crippen molar-refractivity contribution in [2.24, 2.45) is 0 Å². The monoisotopic (exact) mass is 400 g/mol. The predicted molar refractivity (Wildman–Crippen MR) is 115 cm³/mol. The van der Waals surface area contributed by atoms with E-state index in [1.807, 2.05) is 0 Å². The van der Waals surface area contributed by atoms with Crippen molar-refractivity contribution >= 4 is 11.8 Å². The molecule has 2 amide bonds. The number of hydrogen-bond acceptors (Lipinski definition) is 4. The van der Waals surface area contributed by atoms with Crippen LogP contribution in [0.15, 0.2) is 30.3 Å². The third-order valence-electron chi connectivity index (χ3n) is 6.21. The summed E-state index contributed by atoms with van der Waals surface area (Å²) in [5, 5.41) is 6.03. The van der Waals surface area contributed by atoms with Crippen molar-refractivity contribution in [1.29, 1.82) is 0 Å². The highest BCUT2D eigenvalue weighted by atomic mass is 16.2. The molecule has 1 saturated heterocycles. The lowest BCUT2D eigenvalue weighted by molar-refractivity contribution is -0.134. The van der Waals surface area contributed by atoms with Crippen molar-refractivity contribution in [3.8, 4) is 0 Å². The molecule has 0 aromatic heterocycles. The van der Waals surface area contributed by atoms with Crippen molar-refractivity contribution in [2.75, 3.05) is 39.3 Å². The van der Waals surface area contributed by atoms with Crippen LogP contribution in [0.25, 0.3) is 0 Å². The Bertz CT molecular complexity index is 650. The standard InChI is InChI=1S/C23H36N4O2/c1-20(28)25-23(11-6-3-7-12-23)22(29)24-13-8-14-26-15-17-27(18-16-26)19-21-9-4-2-5-10-21/h2,4-5,9-10H,3,6-8,11-19H2,1H3,(H,24,29)(H,25,28). The summed E-state index contributed by atoms with van der Waals surface area (Å²) in [4.78, 5) is 29.4. The summed E-state index contributed by atoms with van der Waals surface area (Å²) >= 11 is 0. The maximum Gasteiger partial charge on any atom is 0.245 e. The minimum Gasteiger partial charge on any atom is -0.354 e. The molecule has 160 valence electrons. The van der Waals surface area contributed by atoms with Crippen LogP contribution in [0, 0.1) is 0 Å². The maximum atomic E-state index is 12.8. The predicted octanol–water partition coefficient (Wildman–Crippen LogP) is 2.15. The molecule has 2 aliphatic rings. The van der Waals surface area contributed by atoms with Gasteiger partial charge in [-0.25, -0.2) is 0 Å². The van der Waals surface area contributed by atoms with Crippen LogP contribution >= 0.6 is 0 Å². The quantitative estimate of drug-likeness (QED) is 0.657. The van der Waals surface area contributed by atoms with Gasteiger partial charge in [-0.3, -0.25) is 14.5 Å². The van der Waals surface area contributed by atoms with Crippen molar-refractivity contribution in [3.63, 3.8) is 0 Å². The van der Waals surface area contributed by atoms with E-state index in [0.717, 1.165) is 77.8 Å². The van der Waals surface area contributed by atoms with Gasteiger partial charge in [0.25, 0.3) is 0 Å². The van der Waals surface area contributed by atoms with Crippen molar-refractivity contribution in [2.45, 2.75) is 57.5 Å². The maximum absolute atomic E-state index is 12.8. The van der Waals surface area contributed by atoms with Crippen LogP contribution in [0.1, 0.15) is 51.0 Å². The molecule has 2 N–H and O–H groups in total. The van der Waals surface area contributed by atoms with E-state index in [0.29, 0.717) is 6.54 Å². The van der Waals surface area contributed by atoms with E-state index in [-0.39, 0.29) is 11.8 Å². The zero-order valence-corrected chi connectivity index (χ0v) is 17.8. The summed E-state index contributed by atoms with van der Waals surface area (Å²) in [7, 11) is 0. The van der Waals surface area contributed by atoms with E-state index in [2.05, 4.69) is 50.8 Å². The van der Waals surface area contributed by atoms with E-state index in [9.17, 15) is 9.59 Å². The second kappa shape index (κ2) is 10.7. The Morgan fingerprint density at radius 3 is 2.28 bits per heavy atom. The first-order valence-electron chi connectivity index (χ1n) is 11.1. The largest absolute Gasteiger partial charge is 0.354 e. The smallest absolute Gasteiger partial charge is 0.245 e. The second-order valence-electron chi connectivity index (χ2n) is 8.54. The molecule has 1 aromatic carbocycles. The molecule has 1 aliphatic carbocycles. The lowest BCUT2D eigenvalue weighted by atomic mass is 9.80. The average molecular weight is 401 g/mol. The summed E-state index contributed by atoms with van der Waals surface area (Å²) in [6, 6.07) is 10.6. The van der Waals surface area contributed by atoms with Crippen molar-refractivity contribution in [3.05, 3.63) is 35.9 Å². The fraction of sp³-hybridized carbons (Fsp3) is 0.652. The topological polar surface area (TPSA) is 64.7 Å². The zero-order valence-electron chi connectivity index (χ0n) is 17.8. The third-order valence-corrected chi connectivity index (χ3v) is 6.21. The Labute approximate surface area is 175 Å². The van der Waals surface area contributed by atoms with E-state index in [1.165, 1.54) is 12.5 Å². The van der Waals surface area contributed by atoms with Gasteiger partial charge >= 0.3 is 0 Å². The van der Waals surface area contributed by atoms with Crippen LogP contribution in [0.2, 0.25) is 0 Å². The number of rotatable bonds is 8. The van der Waals surface area contributed by atoms with Crippen LogP contribution in [0.4, 0.5) is 0 Å². The average Bonchev–Trinajstić information content (AvgIpc) is 2.73. The summed E-state index contributed by atoms with van der Waals surface area (Å²) in [5.74, 6) is -0.115. The number of hydrogen-bond donors (Lipinski definition) is 2. The molecule has 1 heterocycles. The highest BCUT2D eigenvalue weighted by Crippen LogP contribution is 2.28.